The van der Waals surface area contributed by atoms with Crippen LogP contribution in [0.1, 0.15) is 11.3 Å². The molecule has 0 aliphatic rings. The zero-order valence-electron chi connectivity index (χ0n) is 10.3. The summed E-state index contributed by atoms with van der Waals surface area (Å²) >= 11 is 5.94. The van der Waals surface area contributed by atoms with E-state index >= 15 is 0 Å². The monoisotopic (exact) mass is 296 g/mol. The molecular formula is C13H13ClN2O2S. The number of halogens is 1. The molecule has 2 rings (SSSR count). The smallest absolute Gasteiger partial charge is 0.187 e. The van der Waals surface area contributed by atoms with Crippen LogP contribution >= 0.6 is 11.6 Å². The molecule has 0 saturated carbocycles. The number of nitrogens with zero attached hydrogens (tertiary/aromatic N) is 1. The second kappa shape index (κ2) is 5.19. The molecule has 1 heterocycles. The van der Waals surface area contributed by atoms with Crippen molar-refractivity contribution in [2.75, 3.05) is 5.73 Å². The molecule has 1 aromatic carbocycles. The Bertz CT molecular complexity index is 694. The third-order valence-corrected chi connectivity index (χ3v) is 4.91. The van der Waals surface area contributed by atoms with Gasteiger partial charge < -0.3 is 5.73 Å². The van der Waals surface area contributed by atoms with E-state index in [4.69, 9.17) is 17.3 Å². The molecule has 4 nitrogen and oxygen atoms in total. The van der Waals surface area contributed by atoms with Crippen LogP contribution < -0.4 is 5.73 Å². The first-order valence-electron chi connectivity index (χ1n) is 5.59. The SMILES string of the molecule is Cc1cccnc1CS(=O)(=O)c1c(N)cccc1Cl. The fraction of sp³-hybridized carbons (Fsp3) is 0.154. The van der Waals surface area contributed by atoms with Crippen molar-refractivity contribution in [1.82, 2.24) is 4.98 Å². The minimum atomic E-state index is -3.62. The van der Waals surface area contributed by atoms with Crippen LogP contribution in [0, 0.1) is 6.92 Å². The number of hydrogen-bond acceptors (Lipinski definition) is 4. The lowest BCUT2D eigenvalue weighted by Gasteiger charge is -2.10. The molecule has 0 radical (unpaired) electrons. The highest BCUT2D eigenvalue weighted by atomic mass is 35.5. The molecule has 0 aliphatic heterocycles. The minimum Gasteiger partial charge on any atom is -0.398 e. The Balaban J connectivity index is 2.47. The lowest BCUT2D eigenvalue weighted by Crippen LogP contribution is -2.10. The van der Waals surface area contributed by atoms with E-state index in [1.54, 1.807) is 18.3 Å². The first-order chi connectivity index (χ1) is 8.92. The summed E-state index contributed by atoms with van der Waals surface area (Å²) in [5.74, 6) is -0.215. The van der Waals surface area contributed by atoms with Crippen LogP contribution in [-0.4, -0.2) is 13.4 Å². The predicted octanol–water partition coefficient (Wildman–Crippen LogP) is 2.60. The molecule has 1 aromatic heterocycles. The van der Waals surface area contributed by atoms with Crippen LogP contribution in [-0.2, 0) is 15.6 Å². The first-order valence-corrected chi connectivity index (χ1v) is 7.62. The third-order valence-electron chi connectivity index (χ3n) is 2.75. The van der Waals surface area contributed by atoms with Gasteiger partial charge in [0.2, 0.25) is 0 Å². The fourth-order valence-corrected chi connectivity index (χ4v) is 3.91. The van der Waals surface area contributed by atoms with Gasteiger partial charge in [0.05, 0.1) is 22.2 Å². The first kappa shape index (κ1) is 13.8. The summed E-state index contributed by atoms with van der Waals surface area (Å²) in [7, 11) is -3.62. The number of anilines is 1. The van der Waals surface area contributed by atoms with Gasteiger partial charge in [-0.2, -0.15) is 0 Å². The van der Waals surface area contributed by atoms with Gasteiger partial charge in [0, 0.05) is 6.20 Å². The van der Waals surface area contributed by atoms with Crippen molar-refractivity contribution >= 4 is 27.1 Å². The van der Waals surface area contributed by atoms with Gasteiger partial charge in [-0.25, -0.2) is 8.42 Å². The van der Waals surface area contributed by atoms with Gasteiger partial charge in [-0.15, -0.1) is 0 Å². The molecule has 19 heavy (non-hydrogen) atoms. The topological polar surface area (TPSA) is 73.0 Å². The molecule has 0 fully saturated rings. The Labute approximate surface area is 117 Å². The molecule has 0 saturated heterocycles. The Kier molecular flexibility index (Phi) is 3.78. The average molecular weight is 297 g/mol. The summed E-state index contributed by atoms with van der Waals surface area (Å²) < 4.78 is 24.8. The molecule has 0 spiro atoms. The number of sulfone groups is 1. The van der Waals surface area contributed by atoms with Gasteiger partial charge in [-0.1, -0.05) is 23.7 Å². The molecule has 0 amide bonds. The molecule has 0 aliphatic carbocycles. The van der Waals surface area contributed by atoms with E-state index in [1.807, 2.05) is 13.0 Å². The number of aryl methyl sites for hydroxylation is 1. The molecule has 6 heteroatoms. The van der Waals surface area contributed by atoms with E-state index in [0.717, 1.165) is 5.56 Å². The standard InChI is InChI=1S/C13H13ClN2O2S/c1-9-4-3-7-16-12(9)8-19(17,18)13-10(14)5-2-6-11(13)15/h2-7H,8,15H2,1H3. The summed E-state index contributed by atoms with van der Waals surface area (Å²) in [6, 6.07) is 8.21. The van der Waals surface area contributed by atoms with E-state index in [2.05, 4.69) is 4.98 Å². The van der Waals surface area contributed by atoms with Gasteiger partial charge in [0.25, 0.3) is 0 Å². The van der Waals surface area contributed by atoms with Crippen LogP contribution in [0.5, 0.6) is 0 Å². The number of nitrogen functional groups attached to an aromatic ring is 1. The largest absolute Gasteiger partial charge is 0.398 e. The van der Waals surface area contributed by atoms with Gasteiger partial charge in [0.15, 0.2) is 9.84 Å². The summed E-state index contributed by atoms with van der Waals surface area (Å²) in [6.45, 7) is 1.81. The van der Waals surface area contributed by atoms with Crippen molar-refractivity contribution < 1.29 is 8.42 Å². The number of nitrogens with two attached hydrogens (primary N) is 1. The Morgan fingerprint density at radius 1 is 1.26 bits per heavy atom. The molecule has 100 valence electrons. The van der Waals surface area contributed by atoms with Crippen molar-refractivity contribution in [3.63, 3.8) is 0 Å². The molecule has 2 aromatic rings. The summed E-state index contributed by atoms with van der Waals surface area (Å²) in [5.41, 5.74) is 7.19. The third kappa shape index (κ3) is 2.88. The second-order valence-electron chi connectivity index (χ2n) is 4.18. The number of benzene rings is 1. The zero-order valence-corrected chi connectivity index (χ0v) is 11.9. The molecule has 2 N–H and O–H groups in total. The van der Waals surface area contributed by atoms with Crippen LogP contribution in [0.15, 0.2) is 41.4 Å². The number of hydrogen-bond donors (Lipinski definition) is 1. The van der Waals surface area contributed by atoms with Crippen LogP contribution in [0.3, 0.4) is 0 Å². The minimum absolute atomic E-state index is 0.0262. The maximum atomic E-state index is 12.4. The van der Waals surface area contributed by atoms with Crippen LogP contribution in [0.4, 0.5) is 5.69 Å². The van der Waals surface area contributed by atoms with E-state index in [0.29, 0.717) is 5.69 Å². The molecule has 0 bridgehead atoms. The quantitative estimate of drug-likeness (QED) is 0.884. The maximum absolute atomic E-state index is 12.4. The molecule has 0 unspecified atom stereocenters. The highest BCUT2D eigenvalue weighted by Crippen LogP contribution is 2.29. The highest BCUT2D eigenvalue weighted by Gasteiger charge is 2.22. The number of pyridine rings is 1. The van der Waals surface area contributed by atoms with E-state index in [1.165, 1.54) is 12.1 Å². The molecule has 0 atom stereocenters. The van der Waals surface area contributed by atoms with Crippen molar-refractivity contribution in [2.24, 2.45) is 0 Å². The average Bonchev–Trinajstić information content (AvgIpc) is 2.31. The number of rotatable bonds is 3. The summed E-state index contributed by atoms with van der Waals surface area (Å²) in [6.07, 6.45) is 1.56. The van der Waals surface area contributed by atoms with Crippen molar-refractivity contribution in [3.05, 3.63) is 52.8 Å². The van der Waals surface area contributed by atoms with Crippen molar-refractivity contribution in [1.29, 1.82) is 0 Å². The highest BCUT2D eigenvalue weighted by molar-refractivity contribution is 7.91. The summed E-state index contributed by atoms with van der Waals surface area (Å²) in [5, 5.41) is 0.133. The Morgan fingerprint density at radius 3 is 2.63 bits per heavy atom. The van der Waals surface area contributed by atoms with Crippen molar-refractivity contribution in [3.8, 4) is 0 Å². The fourth-order valence-electron chi connectivity index (χ4n) is 1.78. The van der Waals surface area contributed by atoms with E-state index in [9.17, 15) is 8.42 Å². The van der Waals surface area contributed by atoms with Gasteiger partial charge in [-0.3, -0.25) is 4.98 Å². The van der Waals surface area contributed by atoms with Gasteiger partial charge in [0.1, 0.15) is 4.90 Å². The van der Waals surface area contributed by atoms with E-state index in [-0.39, 0.29) is 21.4 Å². The zero-order chi connectivity index (χ0) is 14.0. The van der Waals surface area contributed by atoms with Gasteiger partial charge >= 0.3 is 0 Å². The second-order valence-corrected chi connectivity index (χ2v) is 6.52. The maximum Gasteiger partial charge on any atom is 0.187 e. The molecular weight excluding hydrogens is 284 g/mol. The van der Waals surface area contributed by atoms with Gasteiger partial charge in [-0.05, 0) is 30.7 Å². The lowest BCUT2D eigenvalue weighted by atomic mass is 10.2. The summed E-state index contributed by atoms with van der Waals surface area (Å²) in [4.78, 5) is 4.06. The number of aromatic nitrogens is 1. The normalized spacial score (nSPS) is 11.5. The lowest BCUT2D eigenvalue weighted by molar-refractivity contribution is 0.595. The van der Waals surface area contributed by atoms with Crippen LogP contribution in [0.25, 0.3) is 0 Å². The Morgan fingerprint density at radius 2 is 2.00 bits per heavy atom. The Hall–Kier alpha value is -1.59. The van der Waals surface area contributed by atoms with Crippen molar-refractivity contribution in [2.45, 2.75) is 17.6 Å². The van der Waals surface area contributed by atoms with Crippen LogP contribution in [0.2, 0.25) is 5.02 Å². The predicted molar refractivity (Wildman–Crippen MR) is 75.7 cm³/mol. The van der Waals surface area contributed by atoms with E-state index < -0.39 is 9.84 Å².